The van der Waals surface area contributed by atoms with E-state index in [1.807, 2.05) is 19.1 Å². The minimum Gasteiger partial charge on any atom is -0.423 e. The van der Waals surface area contributed by atoms with Gasteiger partial charge in [-0.1, -0.05) is 41.4 Å². The molecule has 4 aromatic rings. The normalized spacial score (nSPS) is 14.1. The van der Waals surface area contributed by atoms with E-state index >= 15 is 0 Å². The van der Waals surface area contributed by atoms with Crippen LogP contribution in [0.3, 0.4) is 0 Å². The predicted octanol–water partition coefficient (Wildman–Crippen LogP) is 4.04. The van der Waals surface area contributed by atoms with E-state index in [1.165, 1.54) is 23.0 Å². The Morgan fingerprint density at radius 1 is 0.949 bits per heavy atom. The number of nitrogens with zero attached hydrogens (tertiary/aromatic N) is 4. The third-order valence-electron chi connectivity index (χ3n) is 6.13. The van der Waals surface area contributed by atoms with Crippen molar-refractivity contribution < 1.29 is 27.5 Å². The number of sulfone groups is 1. The fraction of sp³-hybridized carbons (Fsp3) is 0.192. The summed E-state index contributed by atoms with van der Waals surface area (Å²) in [5.74, 6) is -3.06. The number of halogens is 2. The van der Waals surface area contributed by atoms with Gasteiger partial charge in [0, 0.05) is 6.26 Å². The largest absolute Gasteiger partial charge is 0.423 e. The Hall–Kier alpha value is -3.80. The van der Waals surface area contributed by atoms with Crippen molar-refractivity contribution in [1.29, 1.82) is 0 Å². The molecule has 200 valence electrons. The molecule has 0 radical (unpaired) electrons. The van der Waals surface area contributed by atoms with E-state index in [2.05, 4.69) is 10.2 Å². The third-order valence-corrected chi connectivity index (χ3v) is 7.83. The molecule has 10 nitrogen and oxygen atoms in total. The van der Waals surface area contributed by atoms with Gasteiger partial charge in [-0.3, -0.25) is 14.5 Å². The van der Waals surface area contributed by atoms with Gasteiger partial charge in [-0.2, -0.15) is 0 Å². The third kappa shape index (κ3) is 5.25. The number of fused-ring (bicyclic) bond motifs is 2. The lowest BCUT2D eigenvalue weighted by atomic mass is 10.1. The zero-order chi connectivity index (χ0) is 28.1. The lowest BCUT2D eigenvalue weighted by Gasteiger charge is -2.24. The Bertz CT molecular complexity index is 1710. The number of carbonyl (C=O) groups is 3. The number of aryl methyl sites for hydroxylation is 1. The highest BCUT2D eigenvalue weighted by atomic mass is 35.5. The molecule has 1 aliphatic rings. The summed E-state index contributed by atoms with van der Waals surface area (Å²) in [4.78, 5) is 42.1. The molecule has 0 fully saturated rings. The van der Waals surface area contributed by atoms with Crippen molar-refractivity contribution >= 4 is 61.9 Å². The van der Waals surface area contributed by atoms with Gasteiger partial charge in [0.15, 0.2) is 5.75 Å². The van der Waals surface area contributed by atoms with E-state index in [-0.39, 0.29) is 33.3 Å². The quantitative estimate of drug-likeness (QED) is 0.180. The number of rotatable bonds is 7. The first-order valence-corrected chi connectivity index (χ1v) is 14.4. The average molecular weight is 587 g/mol. The monoisotopic (exact) mass is 586 g/mol. The van der Waals surface area contributed by atoms with Crippen molar-refractivity contribution in [3.05, 3.63) is 81.3 Å². The summed E-state index contributed by atoms with van der Waals surface area (Å²) < 4.78 is 29.6. The van der Waals surface area contributed by atoms with Crippen LogP contribution in [0.15, 0.2) is 54.6 Å². The second kappa shape index (κ2) is 10.1. The van der Waals surface area contributed by atoms with Gasteiger partial charge >= 0.3 is 5.97 Å². The van der Waals surface area contributed by atoms with Gasteiger partial charge in [-0.15, -0.1) is 15.0 Å². The van der Waals surface area contributed by atoms with Crippen LogP contribution in [0, 0.1) is 6.92 Å². The van der Waals surface area contributed by atoms with Crippen molar-refractivity contribution in [3.8, 4) is 11.4 Å². The van der Waals surface area contributed by atoms with Crippen molar-refractivity contribution in [2.24, 2.45) is 0 Å². The van der Waals surface area contributed by atoms with E-state index in [0.29, 0.717) is 21.6 Å². The smallest absolute Gasteiger partial charge is 0.334 e. The first kappa shape index (κ1) is 26.8. The molecule has 0 saturated heterocycles. The number of aromatic nitrogens is 3. The Balaban J connectivity index is 1.52. The topological polar surface area (TPSA) is 129 Å². The molecule has 5 rings (SSSR count). The minimum absolute atomic E-state index is 0.0463. The number of imide groups is 1. The lowest BCUT2D eigenvalue weighted by Crippen LogP contribution is -2.47. The molecule has 0 bridgehead atoms. The van der Waals surface area contributed by atoms with Gasteiger partial charge in [-0.25, -0.2) is 13.2 Å². The van der Waals surface area contributed by atoms with E-state index in [0.717, 1.165) is 11.8 Å². The number of hydrogen-bond acceptors (Lipinski definition) is 8. The van der Waals surface area contributed by atoms with Crippen LogP contribution < -0.4 is 4.74 Å². The average Bonchev–Trinajstić information content (AvgIpc) is 3.40. The van der Waals surface area contributed by atoms with Crippen LogP contribution in [0.4, 0.5) is 0 Å². The Morgan fingerprint density at radius 3 is 2.05 bits per heavy atom. The van der Waals surface area contributed by atoms with E-state index in [1.54, 1.807) is 24.3 Å². The SMILES string of the molecule is Cc1ccc(OC(=O)C(CCS(C)(=O)=O)N2C(=O)c3cc(Cl)c(Cl)cc3C2=O)c(-n2nc3ccccc3n2)c1. The van der Waals surface area contributed by atoms with Crippen LogP contribution >= 0.6 is 23.2 Å². The molecule has 0 saturated carbocycles. The molecule has 3 aromatic carbocycles. The van der Waals surface area contributed by atoms with Gasteiger partial charge in [0.05, 0.1) is 26.9 Å². The molecule has 39 heavy (non-hydrogen) atoms. The van der Waals surface area contributed by atoms with Gasteiger partial charge in [-0.05, 0) is 55.3 Å². The van der Waals surface area contributed by atoms with Crippen molar-refractivity contribution in [1.82, 2.24) is 19.9 Å². The number of ether oxygens (including phenoxy) is 1. The zero-order valence-electron chi connectivity index (χ0n) is 20.6. The molecule has 2 heterocycles. The van der Waals surface area contributed by atoms with Crippen LogP contribution in [-0.2, 0) is 14.6 Å². The van der Waals surface area contributed by atoms with E-state index in [9.17, 15) is 22.8 Å². The fourth-order valence-electron chi connectivity index (χ4n) is 4.23. The summed E-state index contributed by atoms with van der Waals surface area (Å²) >= 11 is 12.1. The molecular weight excluding hydrogens is 567 g/mol. The first-order valence-electron chi connectivity index (χ1n) is 11.6. The molecule has 0 aliphatic carbocycles. The molecule has 1 unspecified atom stereocenters. The lowest BCUT2D eigenvalue weighted by molar-refractivity contribution is -0.138. The molecular formula is C26H20Cl2N4O6S. The summed E-state index contributed by atoms with van der Waals surface area (Å²) in [5, 5.41) is 8.99. The maximum atomic E-state index is 13.6. The second-order valence-electron chi connectivity index (χ2n) is 9.10. The molecule has 13 heteroatoms. The highest BCUT2D eigenvalue weighted by Crippen LogP contribution is 2.34. The summed E-state index contributed by atoms with van der Waals surface area (Å²) in [6, 6.07) is 13.1. The predicted molar refractivity (Wildman–Crippen MR) is 144 cm³/mol. The number of benzene rings is 3. The molecule has 1 atom stereocenters. The Kier molecular flexibility index (Phi) is 6.91. The summed E-state index contributed by atoms with van der Waals surface area (Å²) in [6.45, 7) is 1.84. The van der Waals surface area contributed by atoms with Crippen LogP contribution in [0.1, 0.15) is 32.7 Å². The summed E-state index contributed by atoms with van der Waals surface area (Å²) in [7, 11) is -3.57. The van der Waals surface area contributed by atoms with Crippen molar-refractivity contribution in [2.75, 3.05) is 12.0 Å². The van der Waals surface area contributed by atoms with Crippen LogP contribution in [-0.4, -0.2) is 64.1 Å². The van der Waals surface area contributed by atoms with Gasteiger partial charge in [0.1, 0.15) is 32.6 Å². The molecule has 1 aromatic heterocycles. The Morgan fingerprint density at radius 2 is 1.51 bits per heavy atom. The van der Waals surface area contributed by atoms with Gasteiger partial charge < -0.3 is 4.74 Å². The van der Waals surface area contributed by atoms with Crippen LogP contribution in [0.25, 0.3) is 16.7 Å². The zero-order valence-corrected chi connectivity index (χ0v) is 22.9. The van der Waals surface area contributed by atoms with E-state index in [4.69, 9.17) is 27.9 Å². The highest BCUT2D eigenvalue weighted by molar-refractivity contribution is 7.90. The number of carbonyl (C=O) groups excluding carboxylic acids is 3. The maximum absolute atomic E-state index is 13.6. The summed E-state index contributed by atoms with van der Waals surface area (Å²) in [5.41, 5.74) is 2.30. The van der Waals surface area contributed by atoms with Crippen molar-refractivity contribution in [3.63, 3.8) is 0 Å². The highest BCUT2D eigenvalue weighted by Gasteiger charge is 2.44. The minimum atomic E-state index is -3.57. The molecule has 2 amide bonds. The fourth-order valence-corrected chi connectivity index (χ4v) is 5.21. The number of esters is 1. The summed E-state index contributed by atoms with van der Waals surface area (Å²) in [6.07, 6.45) is 0.610. The standard InChI is InChI=1S/C26H20Cl2N4O6S/c1-14-7-8-23(22(11-14)32-29-19-5-3-4-6-20(19)30-32)38-26(35)21(9-10-39(2,36)37)31-24(33)15-12-17(27)18(28)13-16(15)25(31)34/h3-8,11-13,21H,9-10H2,1-2H3. The number of amides is 2. The molecule has 1 aliphatic heterocycles. The number of hydrogen-bond donors (Lipinski definition) is 0. The van der Waals surface area contributed by atoms with Crippen molar-refractivity contribution in [2.45, 2.75) is 19.4 Å². The maximum Gasteiger partial charge on any atom is 0.334 e. The van der Waals surface area contributed by atoms with Crippen LogP contribution in [0.2, 0.25) is 10.0 Å². The van der Waals surface area contributed by atoms with E-state index < -0.39 is 39.4 Å². The van der Waals surface area contributed by atoms with Gasteiger partial charge in [0.2, 0.25) is 0 Å². The van der Waals surface area contributed by atoms with Crippen LogP contribution in [0.5, 0.6) is 5.75 Å². The first-order chi connectivity index (χ1) is 18.4. The molecule has 0 N–H and O–H groups in total. The van der Waals surface area contributed by atoms with Gasteiger partial charge in [0.25, 0.3) is 11.8 Å². The second-order valence-corrected chi connectivity index (χ2v) is 12.2. The molecule has 0 spiro atoms. The Labute approximate surface area is 233 Å².